The lowest BCUT2D eigenvalue weighted by Gasteiger charge is -2.06. The first kappa shape index (κ1) is 13.3. The second kappa shape index (κ2) is 6.14. The van der Waals surface area contributed by atoms with E-state index in [0.29, 0.717) is 17.1 Å². The van der Waals surface area contributed by atoms with Crippen LogP contribution in [0.5, 0.6) is 0 Å². The SMILES string of the molecule is CNC(=O)c1c(N)nsc1NCCc1cccnc1. The summed E-state index contributed by atoms with van der Waals surface area (Å²) in [7, 11) is 1.57. The highest BCUT2D eigenvalue weighted by molar-refractivity contribution is 7.11. The molecule has 2 heterocycles. The zero-order valence-electron chi connectivity index (χ0n) is 10.5. The number of amides is 1. The van der Waals surface area contributed by atoms with Crippen LogP contribution in [-0.2, 0) is 6.42 Å². The molecule has 2 rings (SSSR count). The number of carbonyl (C=O) groups excluding carboxylic acids is 1. The van der Waals surface area contributed by atoms with Gasteiger partial charge < -0.3 is 16.4 Å². The Morgan fingerprint density at radius 1 is 1.53 bits per heavy atom. The molecule has 0 radical (unpaired) electrons. The number of aromatic nitrogens is 2. The van der Waals surface area contributed by atoms with Crippen LogP contribution in [0.3, 0.4) is 0 Å². The normalized spacial score (nSPS) is 10.2. The van der Waals surface area contributed by atoms with E-state index in [2.05, 4.69) is 20.0 Å². The van der Waals surface area contributed by atoms with Crippen molar-refractivity contribution in [1.29, 1.82) is 0 Å². The Morgan fingerprint density at radius 3 is 3.05 bits per heavy atom. The average Bonchev–Trinajstić information content (AvgIpc) is 2.80. The van der Waals surface area contributed by atoms with Gasteiger partial charge in [0.25, 0.3) is 5.91 Å². The van der Waals surface area contributed by atoms with Crippen LogP contribution in [0, 0.1) is 0 Å². The fourth-order valence-electron chi connectivity index (χ4n) is 1.63. The average molecular weight is 277 g/mol. The predicted molar refractivity (Wildman–Crippen MR) is 76.3 cm³/mol. The van der Waals surface area contributed by atoms with E-state index >= 15 is 0 Å². The molecule has 6 nitrogen and oxygen atoms in total. The fraction of sp³-hybridized carbons (Fsp3) is 0.250. The Labute approximate surface area is 115 Å². The van der Waals surface area contributed by atoms with Crippen LogP contribution in [0.25, 0.3) is 0 Å². The van der Waals surface area contributed by atoms with Gasteiger partial charge in [-0.3, -0.25) is 9.78 Å². The van der Waals surface area contributed by atoms with E-state index in [1.807, 2.05) is 18.3 Å². The molecule has 4 N–H and O–H groups in total. The maximum absolute atomic E-state index is 11.7. The standard InChI is InChI=1S/C12H15N5OS/c1-14-11(18)9-10(13)17-19-12(9)16-6-4-8-3-2-5-15-7-8/h2-3,5,7,16H,4,6H2,1H3,(H2,13,17)(H,14,18). The molecule has 19 heavy (non-hydrogen) atoms. The molecule has 0 saturated carbocycles. The summed E-state index contributed by atoms with van der Waals surface area (Å²) in [6.07, 6.45) is 4.38. The third-order valence-corrected chi connectivity index (χ3v) is 3.41. The molecule has 0 unspecified atom stereocenters. The Bertz CT molecular complexity index is 555. The Balaban J connectivity index is 1.98. The van der Waals surface area contributed by atoms with E-state index in [9.17, 15) is 4.79 Å². The number of nitrogens with one attached hydrogen (secondary N) is 2. The van der Waals surface area contributed by atoms with E-state index in [0.717, 1.165) is 12.0 Å². The first-order chi connectivity index (χ1) is 9.22. The lowest BCUT2D eigenvalue weighted by Crippen LogP contribution is -2.20. The summed E-state index contributed by atoms with van der Waals surface area (Å²) in [6.45, 7) is 0.692. The molecule has 0 atom stereocenters. The van der Waals surface area contributed by atoms with Crippen LogP contribution in [0.2, 0.25) is 0 Å². The molecule has 0 fully saturated rings. The van der Waals surface area contributed by atoms with E-state index in [1.165, 1.54) is 11.5 Å². The highest BCUT2D eigenvalue weighted by Crippen LogP contribution is 2.26. The van der Waals surface area contributed by atoms with Gasteiger partial charge in [-0.25, -0.2) is 0 Å². The zero-order chi connectivity index (χ0) is 13.7. The second-order valence-electron chi connectivity index (χ2n) is 3.89. The van der Waals surface area contributed by atoms with Crippen molar-refractivity contribution in [3.8, 4) is 0 Å². The van der Waals surface area contributed by atoms with Crippen LogP contribution in [0.15, 0.2) is 24.5 Å². The number of hydrogen-bond acceptors (Lipinski definition) is 6. The van der Waals surface area contributed by atoms with Crippen molar-refractivity contribution in [3.05, 3.63) is 35.7 Å². The van der Waals surface area contributed by atoms with Crippen LogP contribution < -0.4 is 16.4 Å². The highest BCUT2D eigenvalue weighted by atomic mass is 32.1. The minimum Gasteiger partial charge on any atom is -0.382 e. The number of nitrogen functional groups attached to an aromatic ring is 1. The van der Waals surface area contributed by atoms with E-state index < -0.39 is 0 Å². The maximum Gasteiger partial charge on any atom is 0.257 e. The molecule has 100 valence electrons. The Kier molecular flexibility index (Phi) is 4.30. The minimum atomic E-state index is -0.227. The summed E-state index contributed by atoms with van der Waals surface area (Å²) in [5.41, 5.74) is 7.24. The maximum atomic E-state index is 11.7. The summed E-state index contributed by atoms with van der Waals surface area (Å²) in [6, 6.07) is 3.91. The van der Waals surface area contributed by atoms with Crippen LogP contribution in [-0.4, -0.2) is 28.9 Å². The molecule has 0 spiro atoms. The number of carbonyl (C=O) groups is 1. The van der Waals surface area contributed by atoms with Gasteiger partial charge in [-0.05, 0) is 29.6 Å². The van der Waals surface area contributed by atoms with Crippen LogP contribution >= 0.6 is 11.5 Å². The summed E-state index contributed by atoms with van der Waals surface area (Å²) >= 11 is 1.19. The number of pyridine rings is 1. The number of hydrogen-bond donors (Lipinski definition) is 3. The minimum absolute atomic E-state index is 0.227. The van der Waals surface area contributed by atoms with Gasteiger partial charge in [-0.1, -0.05) is 6.07 Å². The lowest BCUT2D eigenvalue weighted by atomic mass is 10.2. The first-order valence-electron chi connectivity index (χ1n) is 5.82. The molecule has 2 aromatic rings. The Morgan fingerprint density at radius 2 is 2.37 bits per heavy atom. The van der Waals surface area contributed by atoms with Gasteiger partial charge in [0, 0.05) is 26.0 Å². The molecule has 0 aliphatic carbocycles. The molecule has 0 aromatic carbocycles. The highest BCUT2D eigenvalue weighted by Gasteiger charge is 2.17. The number of anilines is 2. The summed E-state index contributed by atoms with van der Waals surface area (Å²) in [4.78, 5) is 15.7. The van der Waals surface area contributed by atoms with Crippen molar-refractivity contribution in [1.82, 2.24) is 14.7 Å². The number of nitrogens with zero attached hydrogens (tertiary/aromatic N) is 2. The van der Waals surface area contributed by atoms with E-state index in [-0.39, 0.29) is 11.7 Å². The molecule has 0 aliphatic rings. The molecule has 0 aliphatic heterocycles. The number of nitrogens with two attached hydrogens (primary N) is 1. The monoisotopic (exact) mass is 277 g/mol. The quantitative estimate of drug-likeness (QED) is 0.762. The predicted octanol–water partition coefficient (Wildman–Crippen LogP) is 1.13. The van der Waals surface area contributed by atoms with Crippen molar-refractivity contribution in [3.63, 3.8) is 0 Å². The van der Waals surface area contributed by atoms with Crippen LogP contribution in [0.1, 0.15) is 15.9 Å². The van der Waals surface area contributed by atoms with E-state index in [4.69, 9.17) is 5.73 Å². The van der Waals surface area contributed by atoms with Gasteiger partial charge in [0.1, 0.15) is 10.6 Å². The van der Waals surface area contributed by atoms with Gasteiger partial charge in [0.05, 0.1) is 0 Å². The van der Waals surface area contributed by atoms with Crippen molar-refractivity contribution >= 4 is 28.3 Å². The van der Waals surface area contributed by atoms with Gasteiger partial charge >= 0.3 is 0 Å². The van der Waals surface area contributed by atoms with E-state index in [1.54, 1.807) is 13.2 Å². The van der Waals surface area contributed by atoms with Gasteiger partial charge in [0.2, 0.25) is 0 Å². The lowest BCUT2D eigenvalue weighted by molar-refractivity contribution is 0.0965. The molecule has 7 heteroatoms. The molecular formula is C12H15N5OS. The van der Waals surface area contributed by atoms with Gasteiger partial charge in [-0.2, -0.15) is 4.37 Å². The third-order valence-electron chi connectivity index (χ3n) is 2.59. The van der Waals surface area contributed by atoms with Crippen molar-refractivity contribution < 1.29 is 4.79 Å². The fourth-order valence-corrected chi connectivity index (χ4v) is 2.37. The van der Waals surface area contributed by atoms with Gasteiger partial charge in [-0.15, -0.1) is 0 Å². The van der Waals surface area contributed by atoms with Crippen molar-refractivity contribution in [2.24, 2.45) is 0 Å². The molecule has 0 saturated heterocycles. The Hall–Kier alpha value is -2.15. The molecule has 2 aromatic heterocycles. The molecule has 1 amide bonds. The smallest absolute Gasteiger partial charge is 0.257 e. The van der Waals surface area contributed by atoms with Crippen LogP contribution in [0.4, 0.5) is 10.8 Å². The molecule has 0 bridgehead atoms. The van der Waals surface area contributed by atoms with Crippen molar-refractivity contribution in [2.45, 2.75) is 6.42 Å². The first-order valence-corrected chi connectivity index (χ1v) is 6.59. The summed E-state index contributed by atoms with van der Waals surface area (Å²) in [5.74, 6) is 0.0309. The summed E-state index contributed by atoms with van der Waals surface area (Å²) < 4.78 is 4.00. The topological polar surface area (TPSA) is 92.9 Å². The zero-order valence-corrected chi connectivity index (χ0v) is 11.3. The third kappa shape index (κ3) is 3.19. The summed E-state index contributed by atoms with van der Waals surface area (Å²) in [5, 5.41) is 6.43. The van der Waals surface area contributed by atoms with Gasteiger partial charge in [0.15, 0.2) is 5.82 Å². The number of rotatable bonds is 5. The molecular weight excluding hydrogens is 262 g/mol. The second-order valence-corrected chi connectivity index (χ2v) is 4.66. The van der Waals surface area contributed by atoms with Crippen molar-refractivity contribution in [2.75, 3.05) is 24.6 Å². The largest absolute Gasteiger partial charge is 0.382 e.